The van der Waals surface area contributed by atoms with Gasteiger partial charge in [-0.25, -0.2) is 4.98 Å². The van der Waals surface area contributed by atoms with Crippen LogP contribution in [0.5, 0.6) is 5.75 Å². The van der Waals surface area contributed by atoms with E-state index in [9.17, 15) is 4.79 Å². The van der Waals surface area contributed by atoms with Crippen molar-refractivity contribution in [2.45, 2.75) is 16.8 Å². The maximum absolute atomic E-state index is 11.8. The van der Waals surface area contributed by atoms with E-state index in [1.165, 1.54) is 18.7 Å². The lowest BCUT2D eigenvalue weighted by Crippen LogP contribution is -1.99. The van der Waals surface area contributed by atoms with Crippen molar-refractivity contribution < 1.29 is 9.53 Å². The number of carbonyl (C=O) groups excluding carboxylic acids is 1. The molecule has 0 saturated carbocycles. The van der Waals surface area contributed by atoms with Crippen molar-refractivity contribution in [2.75, 3.05) is 7.11 Å². The maximum Gasteiger partial charge on any atom is 0.164 e. The molecule has 0 atom stereocenters. The smallest absolute Gasteiger partial charge is 0.164 e. The van der Waals surface area contributed by atoms with Crippen LogP contribution >= 0.6 is 23.4 Å². The highest BCUT2D eigenvalue weighted by Crippen LogP contribution is 2.34. The third kappa shape index (κ3) is 3.28. The molecule has 1 aromatic heterocycles. The van der Waals surface area contributed by atoms with Gasteiger partial charge in [-0.2, -0.15) is 0 Å². The lowest BCUT2D eigenvalue weighted by molar-refractivity contribution is 0.101. The molecule has 1 aromatic carbocycles. The molecule has 3 nitrogen and oxygen atoms in total. The molecule has 0 aliphatic heterocycles. The quantitative estimate of drug-likeness (QED) is 0.796. The highest BCUT2D eigenvalue weighted by molar-refractivity contribution is 7.99. The zero-order valence-corrected chi connectivity index (χ0v) is 12.1. The Balaban J connectivity index is 2.39. The minimum absolute atomic E-state index is 0.0334. The van der Waals surface area contributed by atoms with Crippen LogP contribution in [0.25, 0.3) is 0 Å². The molecule has 0 amide bonds. The van der Waals surface area contributed by atoms with E-state index in [2.05, 4.69) is 4.98 Å². The fraction of sp³-hybridized carbons (Fsp3) is 0.143. The molecule has 0 N–H and O–H groups in total. The first kappa shape index (κ1) is 13.9. The standard InChI is InChI=1S/C14H12ClNO2S/c1-9(17)14-11(18-2)4-3-5-12(14)19-13-7-6-10(15)8-16-13/h3-8H,1-2H3. The number of ether oxygens (including phenoxy) is 1. The third-order valence-corrected chi connectivity index (χ3v) is 3.71. The Morgan fingerprint density at radius 2 is 2.11 bits per heavy atom. The molecule has 19 heavy (non-hydrogen) atoms. The molecule has 2 aromatic rings. The highest BCUT2D eigenvalue weighted by atomic mass is 35.5. The SMILES string of the molecule is COc1cccc(Sc2ccc(Cl)cn2)c1C(C)=O. The van der Waals surface area contributed by atoms with Gasteiger partial charge in [-0.1, -0.05) is 29.4 Å². The number of hydrogen-bond acceptors (Lipinski definition) is 4. The Bertz CT molecular complexity index is 599. The summed E-state index contributed by atoms with van der Waals surface area (Å²) in [6.07, 6.45) is 1.58. The van der Waals surface area contributed by atoms with Gasteiger partial charge < -0.3 is 4.74 Å². The molecule has 5 heteroatoms. The number of benzene rings is 1. The van der Waals surface area contributed by atoms with Gasteiger partial charge in [0, 0.05) is 11.1 Å². The number of aromatic nitrogens is 1. The Hall–Kier alpha value is -1.52. The number of ketones is 1. The summed E-state index contributed by atoms with van der Waals surface area (Å²) in [5.74, 6) is 0.542. The van der Waals surface area contributed by atoms with Gasteiger partial charge in [0.05, 0.1) is 17.7 Å². The molecule has 0 fully saturated rings. The number of Topliss-reactive ketones (excluding diaryl/α,β-unsaturated/α-hetero) is 1. The topological polar surface area (TPSA) is 39.2 Å². The van der Waals surface area contributed by atoms with E-state index in [4.69, 9.17) is 16.3 Å². The summed E-state index contributed by atoms with van der Waals surface area (Å²) in [6.45, 7) is 1.53. The fourth-order valence-electron chi connectivity index (χ4n) is 1.65. The lowest BCUT2D eigenvalue weighted by Gasteiger charge is -2.10. The van der Waals surface area contributed by atoms with E-state index in [1.807, 2.05) is 18.2 Å². The van der Waals surface area contributed by atoms with E-state index in [0.29, 0.717) is 16.3 Å². The van der Waals surface area contributed by atoms with Crippen LogP contribution < -0.4 is 4.74 Å². The Morgan fingerprint density at radius 1 is 1.32 bits per heavy atom. The van der Waals surface area contributed by atoms with Crippen LogP contribution in [0, 0.1) is 0 Å². The van der Waals surface area contributed by atoms with Crippen molar-refractivity contribution in [3.8, 4) is 5.75 Å². The molecule has 0 unspecified atom stereocenters. The minimum Gasteiger partial charge on any atom is -0.496 e. The highest BCUT2D eigenvalue weighted by Gasteiger charge is 2.14. The Morgan fingerprint density at radius 3 is 2.68 bits per heavy atom. The summed E-state index contributed by atoms with van der Waals surface area (Å²) in [5, 5.41) is 1.36. The van der Waals surface area contributed by atoms with Gasteiger partial charge in [0.2, 0.25) is 0 Å². The number of nitrogens with zero attached hydrogens (tertiary/aromatic N) is 1. The molecule has 0 aliphatic carbocycles. The molecule has 0 spiro atoms. The van der Waals surface area contributed by atoms with Crippen molar-refractivity contribution in [1.82, 2.24) is 4.98 Å². The minimum atomic E-state index is -0.0334. The zero-order valence-electron chi connectivity index (χ0n) is 10.5. The van der Waals surface area contributed by atoms with Gasteiger partial charge >= 0.3 is 0 Å². The Labute approximate surface area is 121 Å². The lowest BCUT2D eigenvalue weighted by atomic mass is 10.1. The molecular formula is C14H12ClNO2S. The largest absolute Gasteiger partial charge is 0.496 e. The van der Waals surface area contributed by atoms with Crippen LogP contribution in [-0.2, 0) is 0 Å². The van der Waals surface area contributed by atoms with Crippen LogP contribution in [0.1, 0.15) is 17.3 Å². The van der Waals surface area contributed by atoms with Crippen molar-refractivity contribution >= 4 is 29.1 Å². The van der Waals surface area contributed by atoms with Crippen LogP contribution in [0.3, 0.4) is 0 Å². The first-order valence-electron chi connectivity index (χ1n) is 5.59. The molecule has 0 bridgehead atoms. The summed E-state index contributed by atoms with van der Waals surface area (Å²) in [5.41, 5.74) is 0.576. The summed E-state index contributed by atoms with van der Waals surface area (Å²) in [4.78, 5) is 16.8. The monoisotopic (exact) mass is 293 g/mol. The predicted molar refractivity (Wildman–Crippen MR) is 76.4 cm³/mol. The molecule has 98 valence electrons. The number of carbonyl (C=O) groups is 1. The molecule has 2 rings (SSSR count). The van der Waals surface area contributed by atoms with Gasteiger partial charge in [0.1, 0.15) is 10.8 Å². The van der Waals surface area contributed by atoms with Gasteiger partial charge in [0.15, 0.2) is 5.78 Å². The summed E-state index contributed by atoms with van der Waals surface area (Å²) in [7, 11) is 1.55. The normalized spacial score (nSPS) is 10.3. The van der Waals surface area contributed by atoms with E-state index < -0.39 is 0 Å². The summed E-state index contributed by atoms with van der Waals surface area (Å²) < 4.78 is 5.23. The van der Waals surface area contributed by atoms with Gasteiger partial charge in [-0.05, 0) is 31.2 Å². The molecule has 0 aliphatic rings. The zero-order chi connectivity index (χ0) is 13.8. The number of hydrogen-bond donors (Lipinski definition) is 0. The average Bonchev–Trinajstić information content (AvgIpc) is 2.40. The Kier molecular flexibility index (Phi) is 4.45. The summed E-state index contributed by atoms with van der Waals surface area (Å²) >= 11 is 7.21. The number of halogens is 1. The number of rotatable bonds is 4. The summed E-state index contributed by atoms with van der Waals surface area (Å²) in [6, 6.07) is 9.08. The molecule has 0 radical (unpaired) electrons. The second kappa shape index (κ2) is 6.08. The van der Waals surface area contributed by atoms with Crippen molar-refractivity contribution in [2.24, 2.45) is 0 Å². The van der Waals surface area contributed by atoms with Crippen LogP contribution in [0.4, 0.5) is 0 Å². The second-order valence-electron chi connectivity index (χ2n) is 3.81. The van der Waals surface area contributed by atoms with Crippen molar-refractivity contribution in [3.05, 3.63) is 47.1 Å². The van der Waals surface area contributed by atoms with Gasteiger partial charge in [0.25, 0.3) is 0 Å². The van der Waals surface area contributed by atoms with Gasteiger partial charge in [-0.15, -0.1) is 0 Å². The van der Waals surface area contributed by atoms with E-state index in [0.717, 1.165) is 9.92 Å². The second-order valence-corrected chi connectivity index (χ2v) is 5.30. The first-order valence-corrected chi connectivity index (χ1v) is 6.78. The average molecular weight is 294 g/mol. The van der Waals surface area contributed by atoms with E-state index in [1.54, 1.807) is 25.4 Å². The number of methoxy groups -OCH3 is 1. The first-order chi connectivity index (χ1) is 9.11. The van der Waals surface area contributed by atoms with Crippen molar-refractivity contribution in [3.63, 3.8) is 0 Å². The van der Waals surface area contributed by atoms with Crippen LogP contribution in [-0.4, -0.2) is 17.9 Å². The predicted octanol–water partition coefficient (Wildman–Crippen LogP) is 4.10. The van der Waals surface area contributed by atoms with Gasteiger partial charge in [-0.3, -0.25) is 4.79 Å². The van der Waals surface area contributed by atoms with Crippen molar-refractivity contribution in [1.29, 1.82) is 0 Å². The molecule has 0 saturated heterocycles. The van der Waals surface area contributed by atoms with Crippen LogP contribution in [0.15, 0.2) is 46.5 Å². The number of pyridine rings is 1. The van der Waals surface area contributed by atoms with E-state index >= 15 is 0 Å². The molecule has 1 heterocycles. The van der Waals surface area contributed by atoms with E-state index in [-0.39, 0.29) is 5.78 Å². The molecular weight excluding hydrogens is 282 g/mol. The third-order valence-electron chi connectivity index (χ3n) is 2.47. The maximum atomic E-state index is 11.8. The van der Waals surface area contributed by atoms with Crippen LogP contribution in [0.2, 0.25) is 5.02 Å². The fourth-order valence-corrected chi connectivity index (χ4v) is 2.72.